The largest absolute Gasteiger partial charge is 0.481 e. The average Bonchev–Trinajstić information content (AvgIpc) is 2.19. The first-order valence-electron chi connectivity index (χ1n) is 4.45. The van der Waals surface area contributed by atoms with Crippen molar-refractivity contribution in [2.75, 3.05) is 0 Å². The lowest BCUT2D eigenvalue weighted by molar-refractivity contribution is -0.124. The molecule has 0 aliphatic carbocycles. The molecule has 2 N–H and O–H groups in total. The van der Waals surface area contributed by atoms with Crippen LogP contribution in [-0.4, -0.2) is 12.0 Å². The molecule has 1 unspecified atom stereocenters. The van der Waals surface area contributed by atoms with Crippen LogP contribution in [0.3, 0.4) is 0 Å². The van der Waals surface area contributed by atoms with Crippen LogP contribution in [0.25, 0.3) is 0 Å². The van der Waals surface area contributed by atoms with E-state index in [-0.39, 0.29) is 10.8 Å². The van der Waals surface area contributed by atoms with Gasteiger partial charge in [-0.25, -0.2) is 4.39 Å². The molecule has 0 aromatic heterocycles. The minimum atomic E-state index is -0.745. The number of benzene rings is 1. The normalized spacial score (nSPS) is 12.2. The molecule has 0 saturated carbocycles. The lowest BCUT2D eigenvalue weighted by atomic mass is 10.2. The van der Waals surface area contributed by atoms with E-state index in [1.54, 1.807) is 6.92 Å². The fourth-order valence-electron chi connectivity index (χ4n) is 1.06. The number of halogens is 2. The van der Waals surface area contributed by atoms with Crippen molar-refractivity contribution in [3.63, 3.8) is 0 Å². The summed E-state index contributed by atoms with van der Waals surface area (Å²) in [6, 6.07) is 3.96. The maximum absolute atomic E-state index is 13.0. The van der Waals surface area contributed by atoms with E-state index in [0.717, 1.165) is 6.07 Å². The Bertz CT molecular complexity index is 370. The van der Waals surface area contributed by atoms with Gasteiger partial charge in [-0.05, 0) is 18.6 Å². The van der Waals surface area contributed by atoms with Crippen molar-refractivity contribution >= 4 is 17.5 Å². The summed E-state index contributed by atoms with van der Waals surface area (Å²) in [7, 11) is 0. The smallest absolute Gasteiger partial charge is 0.258 e. The van der Waals surface area contributed by atoms with Crippen molar-refractivity contribution < 1.29 is 13.9 Å². The van der Waals surface area contributed by atoms with Crippen LogP contribution in [0.15, 0.2) is 18.2 Å². The molecule has 1 aromatic carbocycles. The number of nitrogens with two attached hydrogens (primary N) is 1. The molecule has 0 saturated heterocycles. The second kappa shape index (κ2) is 4.98. The Morgan fingerprint density at radius 1 is 1.67 bits per heavy atom. The van der Waals surface area contributed by atoms with E-state index in [1.165, 1.54) is 12.1 Å². The molecule has 1 aromatic rings. The minimum absolute atomic E-state index is 0.00877. The van der Waals surface area contributed by atoms with E-state index in [2.05, 4.69) is 0 Å². The summed E-state index contributed by atoms with van der Waals surface area (Å²) in [6.45, 7) is 1.75. The quantitative estimate of drug-likeness (QED) is 0.863. The summed E-state index contributed by atoms with van der Waals surface area (Å²) < 4.78 is 18.2. The Hall–Kier alpha value is -1.29. The van der Waals surface area contributed by atoms with Crippen LogP contribution < -0.4 is 10.5 Å². The topological polar surface area (TPSA) is 52.3 Å². The summed E-state index contributed by atoms with van der Waals surface area (Å²) in [5.41, 5.74) is 5.08. The standard InChI is InChI=1S/C10H11ClFNO2/c1-2-9(10(13)14)15-6-3-4-7(11)8(12)5-6/h3-5,9H,2H2,1H3,(H2,13,14). The van der Waals surface area contributed by atoms with Gasteiger partial charge in [-0.1, -0.05) is 18.5 Å². The van der Waals surface area contributed by atoms with Gasteiger partial charge in [-0.3, -0.25) is 4.79 Å². The molecule has 1 amide bonds. The van der Waals surface area contributed by atoms with Gasteiger partial charge in [0.1, 0.15) is 11.6 Å². The number of carbonyl (C=O) groups is 1. The molecule has 1 atom stereocenters. The number of rotatable bonds is 4. The Labute approximate surface area is 92.0 Å². The van der Waals surface area contributed by atoms with Crippen LogP contribution in [0.5, 0.6) is 5.75 Å². The zero-order valence-electron chi connectivity index (χ0n) is 8.17. The number of hydrogen-bond acceptors (Lipinski definition) is 2. The Morgan fingerprint density at radius 2 is 2.33 bits per heavy atom. The molecule has 0 bridgehead atoms. The van der Waals surface area contributed by atoms with Gasteiger partial charge in [0.05, 0.1) is 5.02 Å². The fraction of sp³-hybridized carbons (Fsp3) is 0.300. The molecule has 1 rings (SSSR count). The van der Waals surface area contributed by atoms with E-state index in [4.69, 9.17) is 22.1 Å². The van der Waals surface area contributed by atoms with Crippen molar-refractivity contribution in [1.29, 1.82) is 0 Å². The van der Waals surface area contributed by atoms with Gasteiger partial charge >= 0.3 is 0 Å². The zero-order valence-corrected chi connectivity index (χ0v) is 8.92. The summed E-state index contributed by atoms with van der Waals surface area (Å²) in [6.07, 6.45) is -0.315. The third-order valence-corrected chi connectivity index (χ3v) is 2.16. The van der Waals surface area contributed by atoms with E-state index < -0.39 is 17.8 Å². The predicted molar refractivity (Wildman–Crippen MR) is 55.3 cm³/mol. The summed E-state index contributed by atoms with van der Waals surface area (Å²) in [4.78, 5) is 10.9. The molecular formula is C10H11ClFNO2. The highest BCUT2D eigenvalue weighted by molar-refractivity contribution is 6.30. The molecule has 0 heterocycles. The van der Waals surface area contributed by atoms with Crippen LogP contribution in [0, 0.1) is 5.82 Å². The second-order valence-corrected chi connectivity index (χ2v) is 3.40. The van der Waals surface area contributed by atoms with Gasteiger partial charge in [-0.15, -0.1) is 0 Å². The lowest BCUT2D eigenvalue weighted by Crippen LogP contribution is -2.32. The van der Waals surface area contributed by atoms with Gasteiger partial charge < -0.3 is 10.5 Å². The van der Waals surface area contributed by atoms with Gasteiger partial charge in [0.2, 0.25) is 0 Å². The third kappa shape index (κ3) is 3.09. The highest BCUT2D eigenvalue weighted by Gasteiger charge is 2.15. The Morgan fingerprint density at radius 3 is 2.80 bits per heavy atom. The molecule has 0 radical (unpaired) electrons. The number of carbonyl (C=O) groups excluding carboxylic acids is 1. The highest BCUT2D eigenvalue weighted by Crippen LogP contribution is 2.21. The Kier molecular flexibility index (Phi) is 3.91. The third-order valence-electron chi connectivity index (χ3n) is 1.86. The van der Waals surface area contributed by atoms with Crippen molar-refractivity contribution in [3.8, 4) is 5.75 Å². The van der Waals surface area contributed by atoms with Crippen molar-refractivity contribution in [1.82, 2.24) is 0 Å². The molecule has 82 valence electrons. The van der Waals surface area contributed by atoms with Crippen LogP contribution >= 0.6 is 11.6 Å². The fourth-order valence-corrected chi connectivity index (χ4v) is 1.17. The van der Waals surface area contributed by atoms with E-state index in [1.807, 2.05) is 0 Å². The van der Waals surface area contributed by atoms with Crippen LogP contribution in [0.1, 0.15) is 13.3 Å². The summed E-state index contributed by atoms with van der Waals surface area (Å²) in [5.74, 6) is -0.927. The maximum Gasteiger partial charge on any atom is 0.258 e. The zero-order chi connectivity index (χ0) is 11.4. The average molecular weight is 232 g/mol. The number of hydrogen-bond donors (Lipinski definition) is 1. The van der Waals surface area contributed by atoms with E-state index in [0.29, 0.717) is 6.42 Å². The molecule has 0 aliphatic rings. The number of ether oxygens (including phenoxy) is 1. The molecular weight excluding hydrogens is 221 g/mol. The number of primary amides is 1. The second-order valence-electron chi connectivity index (χ2n) is 2.99. The molecule has 15 heavy (non-hydrogen) atoms. The minimum Gasteiger partial charge on any atom is -0.481 e. The molecule has 0 spiro atoms. The molecule has 5 heteroatoms. The first-order chi connectivity index (χ1) is 7.04. The maximum atomic E-state index is 13.0. The first kappa shape index (κ1) is 11.8. The Balaban J connectivity index is 2.80. The molecule has 3 nitrogen and oxygen atoms in total. The number of amides is 1. The van der Waals surface area contributed by atoms with Gasteiger partial charge in [-0.2, -0.15) is 0 Å². The van der Waals surface area contributed by atoms with Crippen molar-refractivity contribution in [2.24, 2.45) is 5.73 Å². The monoisotopic (exact) mass is 231 g/mol. The summed E-state index contributed by atoms with van der Waals surface area (Å²) >= 11 is 5.49. The van der Waals surface area contributed by atoms with Gasteiger partial charge in [0.25, 0.3) is 5.91 Å². The van der Waals surface area contributed by atoms with Gasteiger partial charge in [0, 0.05) is 6.07 Å². The first-order valence-corrected chi connectivity index (χ1v) is 4.83. The van der Waals surface area contributed by atoms with Crippen molar-refractivity contribution in [2.45, 2.75) is 19.4 Å². The van der Waals surface area contributed by atoms with E-state index >= 15 is 0 Å². The lowest BCUT2D eigenvalue weighted by Gasteiger charge is -2.13. The molecule has 0 fully saturated rings. The van der Waals surface area contributed by atoms with Crippen molar-refractivity contribution in [3.05, 3.63) is 29.0 Å². The van der Waals surface area contributed by atoms with E-state index in [9.17, 15) is 9.18 Å². The van der Waals surface area contributed by atoms with Gasteiger partial charge in [0.15, 0.2) is 6.10 Å². The molecule has 0 aliphatic heterocycles. The predicted octanol–water partition coefficient (Wildman–Crippen LogP) is 2.12. The SMILES string of the molecule is CCC(Oc1ccc(Cl)c(F)c1)C(N)=O. The summed E-state index contributed by atoms with van der Waals surface area (Å²) in [5, 5.41) is 0.00877. The van der Waals surface area contributed by atoms with Crippen LogP contribution in [-0.2, 0) is 4.79 Å². The van der Waals surface area contributed by atoms with Crippen LogP contribution in [0.4, 0.5) is 4.39 Å². The highest BCUT2D eigenvalue weighted by atomic mass is 35.5. The van der Waals surface area contributed by atoms with Crippen LogP contribution in [0.2, 0.25) is 5.02 Å².